The lowest BCUT2D eigenvalue weighted by Crippen LogP contribution is -2.41. The summed E-state index contributed by atoms with van der Waals surface area (Å²) in [4.78, 5) is 24.0. The van der Waals surface area contributed by atoms with Gasteiger partial charge in [-0.1, -0.05) is 6.42 Å². The molecule has 0 spiro atoms. The largest absolute Gasteiger partial charge is 0.497 e. The van der Waals surface area contributed by atoms with Crippen molar-refractivity contribution in [2.75, 3.05) is 7.11 Å². The van der Waals surface area contributed by atoms with Gasteiger partial charge in [0.1, 0.15) is 5.75 Å². The van der Waals surface area contributed by atoms with Gasteiger partial charge in [-0.25, -0.2) is 0 Å². The Kier molecular flexibility index (Phi) is 7.06. The minimum Gasteiger partial charge on any atom is -0.497 e. The number of Topliss-reactive ketones (excluding diaryl/α,β-unsaturated/α-hetero) is 1. The van der Waals surface area contributed by atoms with Gasteiger partial charge in [-0.05, 0) is 49.9 Å². The van der Waals surface area contributed by atoms with E-state index in [1.807, 2.05) is 0 Å². The number of halogens is 3. The molecule has 26 heavy (non-hydrogen) atoms. The number of hydrogen-bond acceptors (Lipinski definition) is 3. The predicted octanol–water partition coefficient (Wildman–Crippen LogP) is 4.29. The van der Waals surface area contributed by atoms with Crippen LogP contribution in [-0.2, 0) is 4.79 Å². The number of ether oxygens (including phenoxy) is 1. The highest BCUT2D eigenvalue weighted by molar-refractivity contribution is 5.96. The standard InChI is InChI=1S/C19H24F3NO3/c1-26-16-10-8-13(9-11-16)17(24)6-3-7-18(25)23-15-5-2-4-14(12-15)19(20,21)22/h8-11,14-15H,2-7,12H2,1H3,(H,23,25). The maximum atomic E-state index is 12.8. The predicted molar refractivity (Wildman–Crippen MR) is 91.1 cm³/mol. The zero-order chi connectivity index (χ0) is 19.2. The second kappa shape index (κ2) is 9.05. The van der Waals surface area contributed by atoms with Crippen LogP contribution in [-0.4, -0.2) is 31.0 Å². The van der Waals surface area contributed by atoms with Crippen molar-refractivity contribution in [3.8, 4) is 5.75 Å². The van der Waals surface area contributed by atoms with Crippen LogP contribution in [0.2, 0.25) is 0 Å². The molecule has 7 heteroatoms. The van der Waals surface area contributed by atoms with E-state index in [1.54, 1.807) is 31.4 Å². The fraction of sp³-hybridized carbons (Fsp3) is 0.579. The van der Waals surface area contributed by atoms with Crippen molar-refractivity contribution in [2.24, 2.45) is 5.92 Å². The van der Waals surface area contributed by atoms with Crippen molar-refractivity contribution in [3.05, 3.63) is 29.8 Å². The summed E-state index contributed by atoms with van der Waals surface area (Å²) in [7, 11) is 1.54. The van der Waals surface area contributed by atoms with E-state index in [0.29, 0.717) is 30.6 Å². The minimum absolute atomic E-state index is 0.0555. The first-order chi connectivity index (χ1) is 12.3. The van der Waals surface area contributed by atoms with E-state index in [4.69, 9.17) is 4.74 Å². The van der Waals surface area contributed by atoms with Crippen LogP contribution in [0.15, 0.2) is 24.3 Å². The summed E-state index contributed by atoms with van der Waals surface area (Å²) in [6, 6.07) is 6.29. The van der Waals surface area contributed by atoms with Crippen LogP contribution in [0.25, 0.3) is 0 Å². The van der Waals surface area contributed by atoms with E-state index in [2.05, 4.69) is 5.32 Å². The van der Waals surface area contributed by atoms with Crippen LogP contribution in [0, 0.1) is 5.92 Å². The summed E-state index contributed by atoms with van der Waals surface area (Å²) >= 11 is 0. The summed E-state index contributed by atoms with van der Waals surface area (Å²) in [5, 5.41) is 2.68. The van der Waals surface area contributed by atoms with Crippen LogP contribution < -0.4 is 10.1 Å². The number of ketones is 1. The number of nitrogens with one attached hydrogen (secondary N) is 1. The molecule has 1 saturated carbocycles. The Hall–Kier alpha value is -2.05. The average molecular weight is 371 g/mol. The summed E-state index contributed by atoms with van der Waals surface area (Å²) < 4.78 is 43.4. The highest BCUT2D eigenvalue weighted by Gasteiger charge is 2.42. The Balaban J connectivity index is 1.72. The van der Waals surface area contributed by atoms with Gasteiger partial charge in [0.05, 0.1) is 13.0 Å². The molecule has 1 amide bonds. The van der Waals surface area contributed by atoms with Crippen LogP contribution >= 0.6 is 0 Å². The first-order valence-corrected chi connectivity index (χ1v) is 8.83. The Bertz CT molecular complexity index is 613. The molecule has 0 saturated heterocycles. The first-order valence-electron chi connectivity index (χ1n) is 8.83. The molecule has 144 valence electrons. The number of hydrogen-bond donors (Lipinski definition) is 1. The molecule has 2 rings (SSSR count). The SMILES string of the molecule is COc1ccc(C(=O)CCCC(=O)NC2CCCC(C(F)(F)F)C2)cc1. The average Bonchev–Trinajstić information content (AvgIpc) is 2.61. The molecule has 0 bridgehead atoms. The van der Waals surface area contributed by atoms with E-state index in [0.717, 1.165) is 0 Å². The van der Waals surface area contributed by atoms with Crippen molar-refractivity contribution >= 4 is 11.7 Å². The van der Waals surface area contributed by atoms with Gasteiger partial charge in [-0.2, -0.15) is 13.2 Å². The Morgan fingerprint density at radius 3 is 2.46 bits per heavy atom. The van der Waals surface area contributed by atoms with Gasteiger partial charge in [0.2, 0.25) is 5.91 Å². The monoisotopic (exact) mass is 371 g/mol. The zero-order valence-electron chi connectivity index (χ0n) is 14.8. The zero-order valence-corrected chi connectivity index (χ0v) is 14.8. The summed E-state index contributed by atoms with van der Waals surface area (Å²) in [6.45, 7) is 0. The third-order valence-electron chi connectivity index (χ3n) is 4.72. The van der Waals surface area contributed by atoms with Gasteiger partial charge in [0.15, 0.2) is 5.78 Å². The van der Waals surface area contributed by atoms with Crippen molar-refractivity contribution < 1.29 is 27.5 Å². The maximum absolute atomic E-state index is 12.8. The van der Waals surface area contributed by atoms with E-state index in [9.17, 15) is 22.8 Å². The fourth-order valence-corrected chi connectivity index (χ4v) is 3.25. The lowest BCUT2D eigenvalue weighted by atomic mass is 9.85. The molecule has 0 radical (unpaired) electrons. The molecule has 2 unspecified atom stereocenters. The molecular weight excluding hydrogens is 347 g/mol. The lowest BCUT2D eigenvalue weighted by Gasteiger charge is -2.31. The number of methoxy groups -OCH3 is 1. The van der Waals surface area contributed by atoms with Crippen molar-refractivity contribution in [2.45, 2.75) is 57.2 Å². The normalized spacial score (nSPS) is 20.5. The smallest absolute Gasteiger partial charge is 0.391 e. The highest BCUT2D eigenvalue weighted by atomic mass is 19.4. The van der Waals surface area contributed by atoms with Crippen LogP contribution in [0.5, 0.6) is 5.75 Å². The number of carbonyl (C=O) groups excluding carboxylic acids is 2. The molecule has 1 fully saturated rings. The van der Waals surface area contributed by atoms with E-state index >= 15 is 0 Å². The number of amides is 1. The van der Waals surface area contributed by atoms with E-state index in [1.165, 1.54) is 0 Å². The maximum Gasteiger partial charge on any atom is 0.391 e. The van der Waals surface area contributed by atoms with E-state index < -0.39 is 18.1 Å². The van der Waals surface area contributed by atoms with Crippen molar-refractivity contribution in [1.82, 2.24) is 5.32 Å². The van der Waals surface area contributed by atoms with Crippen LogP contribution in [0.3, 0.4) is 0 Å². The number of benzene rings is 1. The molecule has 1 aliphatic carbocycles. The second-order valence-electron chi connectivity index (χ2n) is 6.67. The van der Waals surface area contributed by atoms with Crippen LogP contribution in [0.4, 0.5) is 13.2 Å². The molecule has 4 nitrogen and oxygen atoms in total. The van der Waals surface area contributed by atoms with Gasteiger partial charge in [0.25, 0.3) is 0 Å². The minimum atomic E-state index is -4.20. The topological polar surface area (TPSA) is 55.4 Å². The quantitative estimate of drug-likeness (QED) is 0.728. The summed E-state index contributed by atoms with van der Waals surface area (Å²) in [5.41, 5.74) is 0.548. The molecule has 1 aliphatic rings. The number of alkyl halides is 3. The van der Waals surface area contributed by atoms with Gasteiger partial charge >= 0.3 is 6.18 Å². The first kappa shape index (κ1) is 20.3. The van der Waals surface area contributed by atoms with Crippen LogP contribution in [0.1, 0.15) is 55.3 Å². The molecule has 0 aliphatic heterocycles. The van der Waals surface area contributed by atoms with Crippen molar-refractivity contribution in [3.63, 3.8) is 0 Å². The molecule has 1 aromatic carbocycles. The van der Waals surface area contributed by atoms with Gasteiger partial charge in [-0.3, -0.25) is 9.59 Å². The third-order valence-corrected chi connectivity index (χ3v) is 4.72. The number of carbonyl (C=O) groups is 2. The van der Waals surface area contributed by atoms with E-state index in [-0.39, 0.29) is 37.4 Å². The lowest BCUT2D eigenvalue weighted by molar-refractivity contribution is -0.184. The van der Waals surface area contributed by atoms with Gasteiger partial charge in [-0.15, -0.1) is 0 Å². The summed E-state index contributed by atoms with van der Waals surface area (Å²) in [6.07, 6.45) is -2.37. The summed E-state index contributed by atoms with van der Waals surface area (Å²) in [5.74, 6) is -1.04. The Morgan fingerprint density at radius 1 is 1.15 bits per heavy atom. The molecular formula is C19H24F3NO3. The molecule has 0 heterocycles. The third kappa shape index (κ3) is 6.04. The van der Waals surface area contributed by atoms with Gasteiger partial charge < -0.3 is 10.1 Å². The molecule has 1 aromatic rings. The molecule has 0 aromatic heterocycles. The molecule has 2 atom stereocenters. The highest BCUT2D eigenvalue weighted by Crippen LogP contribution is 2.37. The molecule has 1 N–H and O–H groups in total. The second-order valence-corrected chi connectivity index (χ2v) is 6.67. The fourth-order valence-electron chi connectivity index (χ4n) is 3.25. The Morgan fingerprint density at radius 2 is 1.85 bits per heavy atom. The van der Waals surface area contributed by atoms with Gasteiger partial charge in [0, 0.05) is 24.4 Å². The van der Waals surface area contributed by atoms with Crippen molar-refractivity contribution in [1.29, 1.82) is 0 Å². The number of rotatable bonds is 7. The Labute approximate surface area is 151 Å².